The predicted molar refractivity (Wildman–Crippen MR) is 58.2 cm³/mol. The van der Waals surface area contributed by atoms with Crippen molar-refractivity contribution in [2.45, 2.75) is 29.9 Å². The molecule has 0 amide bonds. The number of nitrogen functional groups attached to an aromatic ring is 1. The topological polar surface area (TPSA) is 96.8 Å². The van der Waals surface area contributed by atoms with Crippen LogP contribution in [-0.2, 0) is 9.84 Å². The molecule has 2 N–H and O–H groups in total. The van der Waals surface area contributed by atoms with Gasteiger partial charge in [-0.3, -0.25) is 0 Å². The second kappa shape index (κ2) is 4.16. The number of aromatic nitrogens is 1. The van der Waals surface area contributed by atoms with Gasteiger partial charge >= 0.3 is 0 Å². The lowest BCUT2D eigenvalue weighted by Gasteiger charge is -2.06. The molecule has 0 aliphatic heterocycles. The Labute approximate surface area is 92.5 Å². The molecule has 82 valence electrons. The van der Waals surface area contributed by atoms with Gasteiger partial charge < -0.3 is 5.73 Å². The maximum Gasteiger partial charge on any atom is 0.212 e. The van der Waals surface area contributed by atoms with E-state index in [-0.39, 0.29) is 15.0 Å². The highest BCUT2D eigenvalue weighted by molar-refractivity contribution is 7.93. The Hall–Kier alpha value is -1.13. The van der Waals surface area contributed by atoms with E-state index in [2.05, 4.69) is 4.98 Å². The highest BCUT2D eigenvalue weighted by Crippen LogP contribution is 2.27. The highest BCUT2D eigenvalue weighted by atomic mass is 32.2. The van der Waals surface area contributed by atoms with Crippen molar-refractivity contribution in [1.82, 2.24) is 4.98 Å². The summed E-state index contributed by atoms with van der Waals surface area (Å²) in [6, 6.07) is 1.81. The summed E-state index contributed by atoms with van der Waals surface area (Å²) in [5, 5.41) is 8.13. The van der Waals surface area contributed by atoms with Crippen molar-refractivity contribution in [3.63, 3.8) is 0 Å². The molecule has 1 rings (SSSR count). The van der Waals surface area contributed by atoms with Crippen LogP contribution in [0, 0.1) is 11.3 Å². The Kier molecular flexibility index (Phi) is 3.31. The van der Waals surface area contributed by atoms with Gasteiger partial charge in [0.25, 0.3) is 0 Å². The van der Waals surface area contributed by atoms with Crippen LogP contribution in [0.25, 0.3) is 0 Å². The molecule has 7 heteroatoms. The molecule has 1 unspecified atom stereocenters. The molecule has 1 atom stereocenters. The summed E-state index contributed by atoms with van der Waals surface area (Å²) in [5.41, 5.74) is 5.40. The van der Waals surface area contributed by atoms with Crippen LogP contribution in [0.1, 0.15) is 25.1 Å². The van der Waals surface area contributed by atoms with E-state index in [1.165, 1.54) is 0 Å². The van der Waals surface area contributed by atoms with E-state index in [0.29, 0.717) is 6.42 Å². The second-order valence-electron chi connectivity index (χ2n) is 3.07. The second-order valence-corrected chi connectivity index (χ2v) is 6.61. The fraction of sp³-hybridized carbons (Fsp3) is 0.500. The number of nitrogens with two attached hydrogens (primary N) is 1. The van der Waals surface area contributed by atoms with E-state index in [0.717, 1.165) is 11.3 Å². The van der Waals surface area contributed by atoms with Crippen LogP contribution in [0.15, 0.2) is 4.34 Å². The van der Waals surface area contributed by atoms with Crippen LogP contribution < -0.4 is 5.73 Å². The van der Waals surface area contributed by atoms with Gasteiger partial charge in [-0.2, -0.15) is 5.26 Å². The van der Waals surface area contributed by atoms with Gasteiger partial charge in [0.1, 0.15) is 10.9 Å². The lowest BCUT2D eigenvalue weighted by Crippen LogP contribution is -2.16. The molecule has 1 aromatic rings. The van der Waals surface area contributed by atoms with Crippen LogP contribution in [0.3, 0.4) is 0 Å². The van der Waals surface area contributed by atoms with Crippen molar-refractivity contribution in [3.8, 4) is 6.07 Å². The van der Waals surface area contributed by atoms with Gasteiger partial charge in [0.2, 0.25) is 14.2 Å². The minimum Gasteiger partial charge on any atom is -0.382 e. The number of rotatable bonds is 3. The first-order valence-corrected chi connectivity index (χ1v) is 6.70. The van der Waals surface area contributed by atoms with E-state index in [1.807, 2.05) is 6.07 Å². The van der Waals surface area contributed by atoms with Crippen LogP contribution >= 0.6 is 11.3 Å². The molecule has 0 aliphatic carbocycles. The Morgan fingerprint density at radius 3 is 2.67 bits per heavy atom. The molecule has 0 aliphatic rings. The van der Waals surface area contributed by atoms with Crippen molar-refractivity contribution in [1.29, 1.82) is 5.26 Å². The van der Waals surface area contributed by atoms with E-state index < -0.39 is 15.1 Å². The highest BCUT2D eigenvalue weighted by Gasteiger charge is 2.26. The molecule has 0 spiro atoms. The van der Waals surface area contributed by atoms with Crippen molar-refractivity contribution < 1.29 is 8.42 Å². The van der Waals surface area contributed by atoms with E-state index in [1.54, 1.807) is 13.8 Å². The standard InChI is InChI=1S/C8H11N3O2S2/c1-3-5(2)15(12,13)8-11-7(10)6(4-9)14-8/h5H,3,10H2,1-2H3. The van der Waals surface area contributed by atoms with Gasteiger partial charge in [-0.05, 0) is 13.3 Å². The third kappa shape index (κ3) is 2.11. The first kappa shape index (κ1) is 11.9. The fourth-order valence-electron chi connectivity index (χ4n) is 0.905. The number of anilines is 1. The van der Waals surface area contributed by atoms with Crippen molar-refractivity contribution >= 4 is 27.0 Å². The number of thiazole rings is 1. The molecule has 1 heterocycles. The Morgan fingerprint density at radius 2 is 2.27 bits per heavy atom. The van der Waals surface area contributed by atoms with Gasteiger partial charge in [-0.1, -0.05) is 18.3 Å². The molecule has 5 nitrogen and oxygen atoms in total. The summed E-state index contributed by atoms with van der Waals surface area (Å²) < 4.78 is 23.6. The molecule has 0 aromatic carbocycles. The summed E-state index contributed by atoms with van der Waals surface area (Å²) in [6.45, 7) is 3.39. The summed E-state index contributed by atoms with van der Waals surface area (Å²) in [7, 11) is -3.42. The largest absolute Gasteiger partial charge is 0.382 e. The minimum atomic E-state index is -3.42. The molecular formula is C8H11N3O2S2. The number of hydrogen-bond donors (Lipinski definition) is 1. The number of hydrogen-bond acceptors (Lipinski definition) is 6. The van der Waals surface area contributed by atoms with Gasteiger partial charge in [0.05, 0.1) is 5.25 Å². The van der Waals surface area contributed by atoms with Crippen LogP contribution in [0.4, 0.5) is 5.82 Å². The van der Waals surface area contributed by atoms with Crippen molar-refractivity contribution in [2.75, 3.05) is 5.73 Å². The Morgan fingerprint density at radius 1 is 1.67 bits per heavy atom. The van der Waals surface area contributed by atoms with E-state index in [4.69, 9.17) is 11.0 Å². The van der Waals surface area contributed by atoms with Gasteiger partial charge in [-0.15, -0.1) is 0 Å². The number of nitriles is 1. The summed E-state index contributed by atoms with van der Waals surface area (Å²) >= 11 is 0.825. The monoisotopic (exact) mass is 245 g/mol. The third-order valence-corrected chi connectivity index (χ3v) is 5.77. The van der Waals surface area contributed by atoms with Crippen LogP contribution in [0.2, 0.25) is 0 Å². The molecule has 0 fully saturated rings. The Bertz CT molecular complexity index is 498. The van der Waals surface area contributed by atoms with Crippen molar-refractivity contribution in [3.05, 3.63) is 4.88 Å². The maximum absolute atomic E-state index is 11.8. The third-order valence-electron chi connectivity index (χ3n) is 2.08. The molecule has 0 bridgehead atoms. The van der Waals surface area contributed by atoms with Crippen LogP contribution in [0.5, 0.6) is 0 Å². The van der Waals surface area contributed by atoms with Crippen molar-refractivity contribution in [2.24, 2.45) is 0 Å². The normalized spacial score (nSPS) is 13.4. The SMILES string of the molecule is CCC(C)S(=O)(=O)c1nc(N)c(C#N)s1. The fourth-order valence-corrected chi connectivity index (χ4v) is 3.64. The van der Waals surface area contributed by atoms with E-state index in [9.17, 15) is 8.42 Å². The molecule has 0 radical (unpaired) electrons. The maximum atomic E-state index is 11.8. The van der Waals surface area contributed by atoms with Gasteiger partial charge in [0.15, 0.2) is 5.82 Å². The predicted octanol–water partition coefficient (Wildman–Crippen LogP) is 1.17. The molecular weight excluding hydrogens is 234 g/mol. The molecule has 1 aromatic heterocycles. The summed E-state index contributed by atoms with van der Waals surface area (Å²) in [6.07, 6.45) is 0.504. The zero-order valence-electron chi connectivity index (χ0n) is 8.39. The lowest BCUT2D eigenvalue weighted by atomic mass is 10.4. The minimum absolute atomic E-state index is 0.00984. The first-order chi connectivity index (χ1) is 6.93. The molecule has 15 heavy (non-hydrogen) atoms. The number of nitrogens with zero attached hydrogens (tertiary/aromatic N) is 2. The summed E-state index contributed by atoms with van der Waals surface area (Å²) in [5.74, 6) is -0.00984. The lowest BCUT2D eigenvalue weighted by molar-refractivity contribution is 0.580. The summed E-state index contributed by atoms with van der Waals surface area (Å²) in [4.78, 5) is 3.86. The zero-order chi connectivity index (χ0) is 11.6. The zero-order valence-corrected chi connectivity index (χ0v) is 10.0. The van der Waals surface area contributed by atoms with Gasteiger partial charge in [-0.25, -0.2) is 13.4 Å². The average molecular weight is 245 g/mol. The Balaban J connectivity index is 3.24. The quantitative estimate of drug-likeness (QED) is 0.862. The van der Waals surface area contributed by atoms with E-state index >= 15 is 0 Å². The molecule has 0 saturated carbocycles. The smallest absolute Gasteiger partial charge is 0.212 e. The average Bonchev–Trinajstić information content (AvgIpc) is 2.58. The number of sulfone groups is 1. The first-order valence-electron chi connectivity index (χ1n) is 4.33. The molecule has 0 saturated heterocycles. The van der Waals surface area contributed by atoms with Crippen LogP contribution in [-0.4, -0.2) is 18.7 Å². The van der Waals surface area contributed by atoms with Gasteiger partial charge in [0, 0.05) is 0 Å².